The Morgan fingerprint density at radius 1 is 1.55 bits per heavy atom. The maximum absolute atomic E-state index is 12.6. The minimum absolute atomic E-state index is 0.0118. The molecule has 1 aliphatic rings. The molecule has 1 aromatic rings. The zero-order valence-electron chi connectivity index (χ0n) is 12.1. The van der Waals surface area contributed by atoms with E-state index in [0.717, 1.165) is 19.6 Å². The van der Waals surface area contributed by atoms with Gasteiger partial charge in [0.15, 0.2) is 0 Å². The van der Waals surface area contributed by atoms with Gasteiger partial charge in [0.25, 0.3) is 5.91 Å². The van der Waals surface area contributed by atoms with Crippen LogP contribution in [0.4, 0.5) is 0 Å². The number of aromatic nitrogens is 1. The molecule has 0 saturated carbocycles. The Morgan fingerprint density at radius 3 is 2.90 bits per heavy atom. The monoisotopic (exact) mass is 295 g/mol. The molecule has 2 rings (SSSR count). The highest BCUT2D eigenvalue weighted by Crippen LogP contribution is 2.16. The van der Waals surface area contributed by atoms with Crippen molar-refractivity contribution in [2.45, 2.75) is 32.7 Å². The van der Waals surface area contributed by atoms with E-state index in [0.29, 0.717) is 16.6 Å². The predicted octanol–water partition coefficient (Wildman–Crippen LogP) is 2.59. The molecule has 0 aliphatic carbocycles. The highest BCUT2D eigenvalue weighted by atomic mass is 35.5. The van der Waals surface area contributed by atoms with E-state index >= 15 is 0 Å². The molecule has 4 nitrogen and oxygen atoms in total. The van der Waals surface area contributed by atoms with Crippen molar-refractivity contribution < 1.29 is 4.79 Å². The summed E-state index contributed by atoms with van der Waals surface area (Å²) in [6, 6.07) is 3.57. The van der Waals surface area contributed by atoms with Crippen molar-refractivity contribution >= 4 is 17.5 Å². The molecule has 2 heterocycles. The second-order valence-corrected chi connectivity index (χ2v) is 6.06. The number of piperidine rings is 1. The largest absolute Gasteiger partial charge is 0.335 e. The quantitative estimate of drug-likeness (QED) is 0.928. The van der Waals surface area contributed by atoms with Crippen molar-refractivity contribution in [1.29, 1.82) is 0 Å². The molecule has 0 spiro atoms. The van der Waals surface area contributed by atoms with E-state index in [-0.39, 0.29) is 11.9 Å². The Balaban J connectivity index is 2.07. The van der Waals surface area contributed by atoms with Crippen molar-refractivity contribution in [3.63, 3.8) is 0 Å². The van der Waals surface area contributed by atoms with Gasteiger partial charge in [-0.2, -0.15) is 0 Å². The maximum atomic E-state index is 12.6. The number of hydrogen-bond donors (Lipinski definition) is 1. The highest BCUT2D eigenvalue weighted by Gasteiger charge is 2.24. The van der Waals surface area contributed by atoms with Crippen LogP contribution in [0, 0.1) is 5.92 Å². The maximum Gasteiger partial charge on any atom is 0.272 e. The van der Waals surface area contributed by atoms with Crippen LogP contribution < -0.4 is 5.32 Å². The Kier molecular flexibility index (Phi) is 5.38. The zero-order valence-corrected chi connectivity index (χ0v) is 12.9. The number of halogens is 1. The third-order valence-corrected chi connectivity index (χ3v) is 3.91. The van der Waals surface area contributed by atoms with Gasteiger partial charge >= 0.3 is 0 Å². The van der Waals surface area contributed by atoms with E-state index in [1.165, 1.54) is 19.0 Å². The lowest BCUT2D eigenvalue weighted by atomic mass is 9.98. The Morgan fingerprint density at radius 2 is 2.35 bits per heavy atom. The summed E-state index contributed by atoms with van der Waals surface area (Å²) in [6.07, 6.45) is 3.89. The van der Waals surface area contributed by atoms with Gasteiger partial charge in [-0.05, 0) is 57.8 Å². The molecular weight excluding hydrogens is 274 g/mol. The SMILES string of the molecule is CC(C)N(CC1CCCNC1)C(=O)c1ccc(Cl)cn1. The van der Waals surface area contributed by atoms with Crippen molar-refractivity contribution in [2.75, 3.05) is 19.6 Å². The normalized spacial score (nSPS) is 19.1. The summed E-state index contributed by atoms with van der Waals surface area (Å²) in [5.41, 5.74) is 0.465. The summed E-state index contributed by atoms with van der Waals surface area (Å²) in [4.78, 5) is 18.6. The molecule has 110 valence electrons. The van der Waals surface area contributed by atoms with E-state index in [2.05, 4.69) is 10.3 Å². The molecule has 0 aromatic carbocycles. The summed E-state index contributed by atoms with van der Waals surface area (Å²) >= 11 is 5.82. The zero-order chi connectivity index (χ0) is 14.5. The Bertz CT molecular complexity index is 441. The summed E-state index contributed by atoms with van der Waals surface area (Å²) in [6.45, 7) is 6.96. The molecule has 5 heteroatoms. The lowest BCUT2D eigenvalue weighted by molar-refractivity contribution is 0.0655. The fraction of sp³-hybridized carbons (Fsp3) is 0.600. The molecule has 1 aliphatic heterocycles. The minimum atomic E-state index is -0.0118. The van der Waals surface area contributed by atoms with Crippen LogP contribution in [0.25, 0.3) is 0 Å². The summed E-state index contributed by atoms with van der Waals surface area (Å²) in [7, 11) is 0. The minimum Gasteiger partial charge on any atom is -0.335 e. The van der Waals surface area contributed by atoms with Crippen molar-refractivity contribution in [2.24, 2.45) is 5.92 Å². The number of pyridine rings is 1. The van der Waals surface area contributed by atoms with Gasteiger partial charge in [0.2, 0.25) is 0 Å². The van der Waals surface area contributed by atoms with Gasteiger partial charge in [0, 0.05) is 18.8 Å². The number of carbonyl (C=O) groups is 1. The molecule has 1 N–H and O–H groups in total. The molecule has 1 fully saturated rings. The average molecular weight is 296 g/mol. The van der Waals surface area contributed by atoms with Crippen LogP contribution in [0.1, 0.15) is 37.2 Å². The smallest absolute Gasteiger partial charge is 0.272 e. The van der Waals surface area contributed by atoms with Gasteiger partial charge in [-0.25, -0.2) is 4.98 Å². The molecule has 0 radical (unpaired) electrons. The van der Waals surface area contributed by atoms with Gasteiger partial charge < -0.3 is 10.2 Å². The third kappa shape index (κ3) is 3.93. The van der Waals surface area contributed by atoms with E-state index in [1.54, 1.807) is 12.1 Å². The molecular formula is C15H22ClN3O. The van der Waals surface area contributed by atoms with Crippen LogP contribution in [0.5, 0.6) is 0 Å². The average Bonchev–Trinajstić information content (AvgIpc) is 2.45. The fourth-order valence-corrected chi connectivity index (χ4v) is 2.65. The number of carbonyl (C=O) groups excluding carboxylic acids is 1. The topological polar surface area (TPSA) is 45.2 Å². The van der Waals surface area contributed by atoms with Crippen LogP contribution in [-0.4, -0.2) is 41.5 Å². The summed E-state index contributed by atoms with van der Waals surface area (Å²) in [5.74, 6) is 0.518. The number of hydrogen-bond acceptors (Lipinski definition) is 3. The first-order valence-electron chi connectivity index (χ1n) is 7.21. The summed E-state index contributed by atoms with van der Waals surface area (Å²) in [5, 5.41) is 3.94. The number of rotatable bonds is 4. The number of amides is 1. The molecule has 1 aromatic heterocycles. The van der Waals surface area contributed by atoms with Gasteiger partial charge in [-0.15, -0.1) is 0 Å². The lowest BCUT2D eigenvalue weighted by Crippen LogP contribution is -2.44. The molecule has 1 saturated heterocycles. The van der Waals surface area contributed by atoms with Crippen LogP contribution in [0.3, 0.4) is 0 Å². The van der Waals surface area contributed by atoms with Crippen molar-refractivity contribution in [3.05, 3.63) is 29.0 Å². The number of nitrogens with one attached hydrogen (secondary N) is 1. The predicted molar refractivity (Wildman–Crippen MR) is 81.0 cm³/mol. The van der Waals surface area contributed by atoms with Crippen molar-refractivity contribution in [1.82, 2.24) is 15.2 Å². The highest BCUT2D eigenvalue weighted by molar-refractivity contribution is 6.30. The number of nitrogens with zero attached hydrogens (tertiary/aromatic N) is 2. The lowest BCUT2D eigenvalue weighted by Gasteiger charge is -2.32. The first kappa shape index (κ1) is 15.3. The Hall–Kier alpha value is -1.13. The summed E-state index contributed by atoms with van der Waals surface area (Å²) < 4.78 is 0. The molecule has 1 unspecified atom stereocenters. The van der Waals surface area contributed by atoms with Gasteiger partial charge in [0.1, 0.15) is 5.69 Å². The van der Waals surface area contributed by atoms with E-state index in [4.69, 9.17) is 11.6 Å². The van der Waals surface area contributed by atoms with E-state index < -0.39 is 0 Å². The second kappa shape index (κ2) is 7.04. The van der Waals surface area contributed by atoms with Gasteiger partial charge in [-0.3, -0.25) is 4.79 Å². The molecule has 1 amide bonds. The molecule has 0 bridgehead atoms. The standard InChI is InChI=1S/C15H22ClN3O/c1-11(2)19(10-12-4-3-7-17-8-12)15(20)14-6-5-13(16)9-18-14/h5-6,9,11-12,17H,3-4,7-8,10H2,1-2H3. The first-order valence-corrected chi connectivity index (χ1v) is 7.59. The van der Waals surface area contributed by atoms with Crippen LogP contribution in [-0.2, 0) is 0 Å². The molecule has 1 atom stereocenters. The van der Waals surface area contributed by atoms with Gasteiger partial charge in [-0.1, -0.05) is 11.6 Å². The van der Waals surface area contributed by atoms with Gasteiger partial charge in [0.05, 0.1) is 5.02 Å². The van der Waals surface area contributed by atoms with Crippen LogP contribution in [0.2, 0.25) is 5.02 Å². The fourth-order valence-electron chi connectivity index (χ4n) is 2.54. The van der Waals surface area contributed by atoms with Crippen LogP contribution >= 0.6 is 11.6 Å². The van der Waals surface area contributed by atoms with E-state index in [1.807, 2.05) is 18.7 Å². The third-order valence-electron chi connectivity index (χ3n) is 3.68. The van der Waals surface area contributed by atoms with Crippen LogP contribution in [0.15, 0.2) is 18.3 Å². The van der Waals surface area contributed by atoms with E-state index in [9.17, 15) is 4.79 Å². The van der Waals surface area contributed by atoms with Crippen molar-refractivity contribution in [3.8, 4) is 0 Å². The second-order valence-electron chi connectivity index (χ2n) is 5.63. The molecule has 20 heavy (non-hydrogen) atoms. The Labute approximate surface area is 125 Å². The first-order chi connectivity index (χ1) is 9.58.